The third-order valence-electron chi connectivity index (χ3n) is 5.43. The molecule has 26 heavy (non-hydrogen) atoms. The Hall–Kier alpha value is -2.12. The number of carbonyl (C=O) groups excluding carboxylic acids is 1. The maximum Gasteiger partial charge on any atom is 0.345 e. The zero-order valence-electron chi connectivity index (χ0n) is 16.1. The third-order valence-corrected chi connectivity index (χ3v) is 5.43. The van der Waals surface area contributed by atoms with Crippen LogP contribution in [0.3, 0.4) is 0 Å². The standard InChI is InChI=1S/C18H29N5O3/c1-5-23-16(19-21(4)18(23)25)10-13-6-8-22(9-7-13)17(24)15-11-14(12(2)3)20-26-15/h12-13,15H,5-11H2,1-4H3. The van der Waals surface area contributed by atoms with Crippen LogP contribution in [-0.2, 0) is 29.6 Å². The summed E-state index contributed by atoms with van der Waals surface area (Å²) in [5, 5.41) is 8.43. The normalized spacial score (nSPS) is 21.2. The van der Waals surface area contributed by atoms with Gasteiger partial charge in [0.15, 0.2) is 0 Å². The van der Waals surface area contributed by atoms with Gasteiger partial charge in [0.2, 0.25) is 6.10 Å². The second kappa shape index (κ2) is 7.63. The summed E-state index contributed by atoms with van der Waals surface area (Å²) in [6.07, 6.45) is 2.78. The van der Waals surface area contributed by atoms with Crippen molar-refractivity contribution in [3.63, 3.8) is 0 Å². The Balaban J connectivity index is 1.53. The highest BCUT2D eigenvalue weighted by atomic mass is 16.6. The van der Waals surface area contributed by atoms with Gasteiger partial charge in [0.1, 0.15) is 5.82 Å². The number of carbonyl (C=O) groups is 1. The average Bonchev–Trinajstić information content (AvgIpc) is 3.21. The van der Waals surface area contributed by atoms with Gasteiger partial charge < -0.3 is 9.74 Å². The number of oxime groups is 1. The highest BCUT2D eigenvalue weighted by molar-refractivity contribution is 5.93. The molecule has 8 nitrogen and oxygen atoms in total. The summed E-state index contributed by atoms with van der Waals surface area (Å²) in [6.45, 7) is 8.18. The van der Waals surface area contributed by atoms with Crippen molar-refractivity contribution in [2.45, 2.75) is 59.1 Å². The Morgan fingerprint density at radius 3 is 2.58 bits per heavy atom. The number of hydrogen-bond acceptors (Lipinski definition) is 5. The van der Waals surface area contributed by atoms with Gasteiger partial charge in [-0.3, -0.25) is 9.36 Å². The van der Waals surface area contributed by atoms with E-state index in [1.165, 1.54) is 4.68 Å². The minimum absolute atomic E-state index is 0.0474. The molecule has 0 N–H and O–H groups in total. The van der Waals surface area contributed by atoms with Crippen LogP contribution in [0, 0.1) is 11.8 Å². The topological polar surface area (TPSA) is 81.7 Å². The van der Waals surface area contributed by atoms with E-state index in [4.69, 9.17) is 4.84 Å². The van der Waals surface area contributed by atoms with Crippen LogP contribution in [-0.4, -0.2) is 50.1 Å². The molecular weight excluding hydrogens is 334 g/mol. The molecule has 0 aliphatic carbocycles. The van der Waals surface area contributed by atoms with E-state index in [-0.39, 0.29) is 11.6 Å². The molecule has 1 aromatic rings. The second-order valence-corrected chi connectivity index (χ2v) is 7.57. The van der Waals surface area contributed by atoms with Crippen LogP contribution in [0.25, 0.3) is 0 Å². The molecular formula is C18H29N5O3. The van der Waals surface area contributed by atoms with Crippen molar-refractivity contribution in [1.29, 1.82) is 0 Å². The summed E-state index contributed by atoms with van der Waals surface area (Å²) in [5.74, 6) is 1.65. The Morgan fingerprint density at radius 1 is 1.31 bits per heavy atom. The van der Waals surface area contributed by atoms with E-state index in [0.717, 1.165) is 43.9 Å². The number of aryl methyl sites for hydroxylation is 1. The molecule has 1 aromatic heterocycles. The molecule has 0 saturated carbocycles. The lowest BCUT2D eigenvalue weighted by molar-refractivity contribution is -0.143. The zero-order chi connectivity index (χ0) is 18.8. The van der Waals surface area contributed by atoms with E-state index in [1.54, 1.807) is 11.6 Å². The number of amides is 1. The highest BCUT2D eigenvalue weighted by Gasteiger charge is 2.34. The zero-order valence-corrected chi connectivity index (χ0v) is 16.1. The number of piperidine rings is 1. The van der Waals surface area contributed by atoms with Crippen molar-refractivity contribution in [2.24, 2.45) is 24.0 Å². The van der Waals surface area contributed by atoms with Crippen LogP contribution >= 0.6 is 0 Å². The van der Waals surface area contributed by atoms with E-state index >= 15 is 0 Å². The molecule has 2 aliphatic heterocycles. The molecule has 0 radical (unpaired) electrons. The monoisotopic (exact) mass is 363 g/mol. The molecule has 3 rings (SSSR count). The first-order valence-electron chi connectivity index (χ1n) is 9.54. The summed E-state index contributed by atoms with van der Waals surface area (Å²) in [4.78, 5) is 31.9. The Bertz CT molecular complexity index is 740. The van der Waals surface area contributed by atoms with E-state index in [2.05, 4.69) is 24.1 Å². The molecule has 3 heterocycles. The van der Waals surface area contributed by atoms with Gasteiger partial charge in [-0.2, -0.15) is 5.10 Å². The fraction of sp³-hybridized carbons (Fsp3) is 0.778. The summed E-state index contributed by atoms with van der Waals surface area (Å²) in [5.41, 5.74) is 0.903. The van der Waals surface area contributed by atoms with Crippen molar-refractivity contribution in [3.05, 3.63) is 16.3 Å². The molecule has 144 valence electrons. The van der Waals surface area contributed by atoms with Crippen LogP contribution in [0.15, 0.2) is 9.95 Å². The van der Waals surface area contributed by atoms with E-state index < -0.39 is 6.10 Å². The minimum Gasteiger partial charge on any atom is -0.382 e. The number of rotatable bonds is 5. The fourth-order valence-corrected chi connectivity index (χ4v) is 3.71. The molecule has 1 amide bonds. The second-order valence-electron chi connectivity index (χ2n) is 7.57. The van der Waals surface area contributed by atoms with Crippen molar-refractivity contribution in [3.8, 4) is 0 Å². The van der Waals surface area contributed by atoms with Gasteiger partial charge in [-0.15, -0.1) is 0 Å². The lowest BCUT2D eigenvalue weighted by Crippen LogP contribution is -2.44. The highest BCUT2D eigenvalue weighted by Crippen LogP contribution is 2.24. The van der Waals surface area contributed by atoms with Crippen LogP contribution in [0.4, 0.5) is 0 Å². The summed E-state index contributed by atoms with van der Waals surface area (Å²) in [7, 11) is 1.69. The summed E-state index contributed by atoms with van der Waals surface area (Å²) >= 11 is 0. The van der Waals surface area contributed by atoms with Gasteiger partial charge in [0.25, 0.3) is 5.91 Å². The summed E-state index contributed by atoms with van der Waals surface area (Å²) < 4.78 is 3.13. The predicted octanol–water partition coefficient (Wildman–Crippen LogP) is 1.18. The molecule has 2 aliphatic rings. The third kappa shape index (κ3) is 3.68. The van der Waals surface area contributed by atoms with Gasteiger partial charge in [0, 0.05) is 39.5 Å². The Kier molecular flexibility index (Phi) is 5.48. The fourth-order valence-electron chi connectivity index (χ4n) is 3.71. The molecule has 0 spiro atoms. The van der Waals surface area contributed by atoms with Crippen LogP contribution in [0.1, 0.15) is 45.9 Å². The van der Waals surface area contributed by atoms with Crippen molar-refractivity contribution < 1.29 is 9.63 Å². The number of likely N-dealkylation sites (tertiary alicyclic amines) is 1. The maximum absolute atomic E-state index is 12.6. The lowest BCUT2D eigenvalue weighted by atomic mass is 9.92. The van der Waals surface area contributed by atoms with E-state index in [1.807, 2.05) is 11.8 Å². The Labute approximate surface area is 153 Å². The van der Waals surface area contributed by atoms with Gasteiger partial charge in [-0.1, -0.05) is 19.0 Å². The first-order valence-corrected chi connectivity index (χ1v) is 9.54. The summed E-state index contributed by atoms with van der Waals surface area (Å²) in [6, 6.07) is 0. The van der Waals surface area contributed by atoms with E-state index in [0.29, 0.717) is 24.8 Å². The first kappa shape index (κ1) is 18.7. The Morgan fingerprint density at radius 2 is 2.00 bits per heavy atom. The SMILES string of the molecule is CCn1c(CC2CCN(C(=O)C3CC(C(C)C)=NO3)CC2)nn(C)c1=O. The molecule has 1 saturated heterocycles. The maximum atomic E-state index is 12.6. The first-order chi connectivity index (χ1) is 12.4. The average molecular weight is 363 g/mol. The molecule has 1 atom stereocenters. The minimum atomic E-state index is -0.454. The van der Waals surface area contributed by atoms with Gasteiger partial charge in [-0.05, 0) is 31.6 Å². The quantitative estimate of drug-likeness (QED) is 0.787. The number of aromatic nitrogens is 3. The molecule has 1 unspecified atom stereocenters. The van der Waals surface area contributed by atoms with Crippen LogP contribution in [0.2, 0.25) is 0 Å². The number of hydrogen-bond donors (Lipinski definition) is 0. The van der Waals surface area contributed by atoms with Crippen molar-refractivity contribution in [1.82, 2.24) is 19.2 Å². The van der Waals surface area contributed by atoms with Crippen LogP contribution < -0.4 is 5.69 Å². The largest absolute Gasteiger partial charge is 0.382 e. The molecule has 8 heteroatoms. The van der Waals surface area contributed by atoms with Crippen LogP contribution in [0.5, 0.6) is 0 Å². The molecule has 1 fully saturated rings. The van der Waals surface area contributed by atoms with Crippen molar-refractivity contribution >= 4 is 11.6 Å². The molecule has 0 aromatic carbocycles. The molecule has 0 bridgehead atoms. The van der Waals surface area contributed by atoms with E-state index in [9.17, 15) is 9.59 Å². The van der Waals surface area contributed by atoms with Gasteiger partial charge in [-0.25, -0.2) is 9.48 Å². The van der Waals surface area contributed by atoms with Gasteiger partial charge >= 0.3 is 5.69 Å². The predicted molar refractivity (Wildman–Crippen MR) is 97.9 cm³/mol. The number of nitrogens with zero attached hydrogens (tertiary/aromatic N) is 5. The van der Waals surface area contributed by atoms with Crippen molar-refractivity contribution in [2.75, 3.05) is 13.1 Å². The lowest BCUT2D eigenvalue weighted by Gasteiger charge is -2.32. The van der Waals surface area contributed by atoms with Gasteiger partial charge in [0.05, 0.1) is 5.71 Å². The smallest absolute Gasteiger partial charge is 0.345 e.